The highest BCUT2D eigenvalue weighted by Gasteiger charge is 2.56. The number of nitrogens with two attached hydrogens (primary N) is 2. The molecule has 1 saturated carbocycles. The summed E-state index contributed by atoms with van der Waals surface area (Å²) in [7, 11) is 0. The number of aliphatic hydroxyl groups is 1. The van der Waals surface area contributed by atoms with Crippen LogP contribution in [0.15, 0.2) is 47.2 Å². The molecule has 0 bridgehead atoms. The molecule has 2 aromatic heterocycles. The first kappa shape index (κ1) is 22.8. The number of amides is 2. The molecule has 2 aliphatic rings. The van der Waals surface area contributed by atoms with Crippen molar-refractivity contribution < 1.29 is 19.2 Å². The Morgan fingerprint density at radius 3 is 2.60 bits per heavy atom. The summed E-state index contributed by atoms with van der Waals surface area (Å²) in [4.78, 5) is 28.5. The Hall–Kier alpha value is -3.94. The SMILES string of the molecule is C[C@H](O)c1nccn1[C@H](CN)c1cc(-c2ccc(C#C[C@H]3[C@H]4CN(C(=O)C(N)=O)C[C@@H]34)cc2)on1. The zero-order chi connectivity index (χ0) is 24.7. The van der Waals surface area contributed by atoms with Gasteiger partial charge in [-0.05, 0) is 43.0 Å². The van der Waals surface area contributed by atoms with Gasteiger partial charge in [0.05, 0.1) is 6.04 Å². The van der Waals surface area contributed by atoms with Crippen molar-refractivity contribution in [2.75, 3.05) is 19.6 Å². The van der Waals surface area contributed by atoms with Crippen molar-refractivity contribution >= 4 is 11.8 Å². The number of likely N-dealkylation sites (tertiary alicyclic amines) is 1. The third-order valence-electron chi connectivity index (χ3n) is 6.75. The van der Waals surface area contributed by atoms with Gasteiger partial charge in [-0.15, -0.1) is 0 Å². The van der Waals surface area contributed by atoms with Gasteiger partial charge >= 0.3 is 11.8 Å². The van der Waals surface area contributed by atoms with Crippen LogP contribution in [0.2, 0.25) is 0 Å². The van der Waals surface area contributed by atoms with E-state index in [4.69, 9.17) is 16.0 Å². The van der Waals surface area contributed by atoms with E-state index in [1.165, 1.54) is 4.90 Å². The van der Waals surface area contributed by atoms with Crippen LogP contribution in [0, 0.1) is 29.6 Å². The molecule has 1 saturated heterocycles. The van der Waals surface area contributed by atoms with Crippen LogP contribution in [-0.2, 0) is 9.59 Å². The topological polar surface area (TPSA) is 154 Å². The molecule has 1 aliphatic carbocycles. The first-order valence-corrected chi connectivity index (χ1v) is 11.5. The van der Waals surface area contributed by atoms with Crippen molar-refractivity contribution in [3.05, 3.63) is 59.8 Å². The van der Waals surface area contributed by atoms with Crippen LogP contribution < -0.4 is 11.5 Å². The fourth-order valence-electron chi connectivity index (χ4n) is 4.82. The molecule has 3 aromatic rings. The molecule has 10 heteroatoms. The van der Waals surface area contributed by atoms with E-state index < -0.39 is 17.9 Å². The molecule has 5 atom stereocenters. The number of carbonyl (C=O) groups is 2. The van der Waals surface area contributed by atoms with E-state index in [0.29, 0.717) is 42.2 Å². The molecule has 5 N–H and O–H groups in total. The van der Waals surface area contributed by atoms with E-state index in [1.54, 1.807) is 23.9 Å². The molecule has 10 nitrogen and oxygen atoms in total. The smallest absolute Gasteiger partial charge is 0.311 e. The number of hydrogen-bond donors (Lipinski definition) is 3. The lowest BCUT2D eigenvalue weighted by molar-refractivity contribution is -0.143. The molecule has 0 radical (unpaired) electrons. The minimum atomic E-state index is -0.905. The van der Waals surface area contributed by atoms with Gasteiger partial charge in [-0.2, -0.15) is 0 Å². The number of benzene rings is 1. The maximum absolute atomic E-state index is 11.7. The lowest BCUT2D eigenvalue weighted by Crippen LogP contribution is -2.40. The van der Waals surface area contributed by atoms with Gasteiger partial charge in [-0.25, -0.2) is 4.98 Å². The molecule has 0 unspecified atom stereocenters. The molecule has 35 heavy (non-hydrogen) atoms. The first-order valence-electron chi connectivity index (χ1n) is 11.5. The third kappa shape index (κ3) is 4.32. The molecular formula is C25H26N6O4. The molecule has 1 aromatic carbocycles. The zero-order valence-electron chi connectivity index (χ0n) is 19.2. The van der Waals surface area contributed by atoms with Crippen LogP contribution in [0.25, 0.3) is 11.3 Å². The number of piperidine rings is 1. The lowest BCUT2D eigenvalue weighted by Gasteiger charge is -2.17. The molecule has 2 fully saturated rings. The summed E-state index contributed by atoms with van der Waals surface area (Å²) in [6.07, 6.45) is 2.66. The van der Waals surface area contributed by atoms with Crippen LogP contribution in [-0.4, -0.2) is 56.2 Å². The Kier molecular flexibility index (Phi) is 5.88. The van der Waals surface area contributed by atoms with Crippen molar-refractivity contribution in [3.63, 3.8) is 0 Å². The van der Waals surface area contributed by atoms with Crippen molar-refractivity contribution in [2.45, 2.75) is 19.1 Å². The molecule has 2 amide bonds. The highest BCUT2D eigenvalue weighted by molar-refractivity contribution is 6.34. The fourth-order valence-corrected chi connectivity index (χ4v) is 4.82. The summed E-state index contributed by atoms with van der Waals surface area (Å²) in [5.74, 6) is 6.98. The monoisotopic (exact) mass is 474 g/mol. The van der Waals surface area contributed by atoms with Crippen LogP contribution in [0.4, 0.5) is 0 Å². The molecule has 3 heterocycles. The van der Waals surface area contributed by atoms with Gasteiger partial charge in [0, 0.05) is 55.1 Å². The molecular weight excluding hydrogens is 448 g/mol. The summed E-state index contributed by atoms with van der Waals surface area (Å²) < 4.78 is 7.38. The number of aromatic nitrogens is 3. The minimum absolute atomic E-state index is 0.242. The number of imidazole rings is 1. The van der Waals surface area contributed by atoms with Crippen LogP contribution in [0.5, 0.6) is 0 Å². The zero-order valence-corrected chi connectivity index (χ0v) is 19.2. The molecule has 5 rings (SSSR count). The van der Waals surface area contributed by atoms with Gasteiger partial charge in [-0.3, -0.25) is 9.59 Å². The Bertz CT molecular complexity index is 1300. The number of hydrogen-bond acceptors (Lipinski definition) is 7. The van der Waals surface area contributed by atoms with E-state index in [1.807, 2.05) is 30.3 Å². The summed E-state index contributed by atoms with van der Waals surface area (Å²) >= 11 is 0. The predicted octanol–water partition coefficient (Wildman–Crippen LogP) is 0.681. The van der Waals surface area contributed by atoms with Crippen LogP contribution in [0.3, 0.4) is 0 Å². The van der Waals surface area contributed by atoms with Gasteiger partial charge in [0.15, 0.2) is 5.76 Å². The highest BCUT2D eigenvalue weighted by atomic mass is 16.5. The molecule has 180 valence electrons. The number of primary amides is 1. The Balaban J connectivity index is 1.24. The van der Waals surface area contributed by atoms with Crippen molar-refractivity contribution in [2.24, 2.45) is 29.2 Å². The van der Waals surface area contributed by atoms with E-state index in [9.17, 15) is 14.7 Å². The summed E-state index contributed by atoms with van der Waals surface area (Å²) in [5, 5.41) is 14.2. The first-order chi connectivity index (χ1) is 16.9. The van der Waals surface area contributed by atoms with Gasteiger partial charge in [0.25, 0.3) is 0 Å². The van der Waals surface area contributed by atoms with E-state index in [-0.39, 0.29) is 18.5 Å². The molecule has 1 aliphatic heterocycles. The van der Waals surface area contributed by atoms with E-state index >= 15 is 0 Å². The average Bonchev–Trinajstić information content (AvgIpc) is 3.36. The standard InChI is InChI=1S/C25H26N6O4/c1-14(32)24-28-8-9-31(24)21(11-26)20-10-22(35-29-20)16-5-2-15(3-6-16)4-7-17-18-12-30(13-19(17)18)25(34)23(27)33/h2-3,5-6,8-10,14,17-19,21,32H,11-13,26H2,1H3,(H2,27,33)/t14-,17-,18+,19-,21+/m0/s1. The van der Waals surface area contributed by atoms with Gasteiger partial charge in [0.1, 0.15) is 17.6 Å². The number of fused-ring (bicyclic) bond motifs is 1. The van der Waals surface area contributed by atoms with Gasteiger partial charge in [-0.1, -0.05) is 17.0 Å². The Morgan fingerprint density at radius 2 is 1.97 bits per heavy atom. The second kappa shape index (κ2) is 9.02. The Morgan fingerprint density at radius 1 is 1.26 bits per heavy atom. The van der Waals surface area contributed by atoms with Crippen molar-refractivity contribution in [1.82, 2.24) is 19.6 Å². The maximum Gasteiger partial charge on any atom is 0.311 e. The van der Waals surface area contributed by atoms with Crippen LogP contribution >= 0.6 is 0 Å². The molecule has 0 spiro atoms. The van der Waals surface area contributed by atoms with E-state index in [2.05, 4.69) is 22.0 Å². The predicted molar refractivity (Wildman–Crippen MR) is 125 cm³/mol. The van der Waals surface area contributed by atoms with E-state index in [0.717, 1.165) is 11.1 Å². The average molecular weight is 475 g/mol. The fraction of sp³-hybridized carbons (Fsp3) is 0.360. The van der Waals surface area contributed by atoms with Crippen molar-refractivity contribution in [3.8, 4) is 23.2 Å². The van der Waals surface area contributed by atoms with Gasteiger partial charge < -0.3 is 30.6 Å². The highest BCUT2D eigenvalue weighted by Crippen LogP contribution is 2.51. The minimum Gasteiger partial charge on any atom is -0.385 e. The second-order valence-corrected chi connectivity index (χ2v) is 9.01. The third-order valence-corrected chi connectivity index (χ3v) is 6.75. The number of rotatable bonds is 5. The number of nitrogens with zero attached hydrogens (tertiary/aromatic N) is 4. The second-order valence-electron chi connectivity index (χ2n) is 9.01. The summed E-state index contributed by atoms with van der Waals surface area (Å²) in [6, 6.07) is 9.23. The quantitative estimate of drug-likeness (QED) is 0.363. The van der Waals surface area contributed by atoms with Gasteiger partial charge in [0.2, 0.25) is 0 Å². The Labute approximate surface area is 201 Å². The summed E-state index contributed by atoms with van der Waals surface area (Å²) in [6.45, 7) is 3.01. The largest absolute Gasteiger partial charge is 0.385 e. The van der Waals surface area contributed by atoms with Crippen molar-refractivity contribution in [1.29, 1.82) is 0 Å². The summed E-state index contributed by atoms with van der Waals surface area (Å²) in [5.41, 5.74) is 13.5. The number of carbonyl (C=O) groups excluding carboxylic acids is 2. The normalized spacial score (nSPS) is 22.1. The van der Waals surface area contributed by atoms with Crippen LogP contribution in [0.1, 0.15) is 36.2 Å². The lowest BCUT2D eigenvalue weighted by atomic mass is 10.1. The maximum atomic E-state index is 11.7. The number of aliphatic hydroxyl groups excluding tert-OH is 1.